The molecule has 0 amide bonds. The molecule has 0 saturated carbocycles. The summed E-state index contributed by atoms with van der Waals surface area (Å²) in [7, 11) is -0.842. The van der Waals surface area contributed by atoms with Crippen molar-refractivity contribution < 1.29 is 8.42 Å². The summed E-state index contributed by atoms with van der Waals surface area (Å²) in [4.78, 5) is 2.17. The predicted octanol–water partition coefficient (Wildman–Crippen LogP) is 1.41. The van der Waals surface area contributed by atoms with Crippen molar-refractivity contribution in [2.75, 3.05) is 38.7 Å². The number of hydrogen-bond donors (Lipinski definition) is 1. The molecular formula is C13H21ClN2O2S. The van der Waals surface area contributed by atoms with Gasteiger partial charge in [0.2, 0.25) is 0 Å². The molecule has 0 bridgehead atoms. The second-order valence-corrected chi connectivity index (χ2v) is 7.44. The van der Waals surface area contributed by atoms with E-state index in [-0.39, 0.29) is 5.75 Å². The highest BCUT2D eigenvalue weighted by molar-refractivity contribution is 7.90. The zero-order chi connectivity index (χ0) is 14.3. The molecule has 1 N–H and O–H groups in total. The Balaban J connectivity index is 2.20. The minimum absolute atomic E-state index is 0.186. The molecule has 0 aliphatic carbocycles. The molecule has 0 saturated heterocycles. The summed E-state index contributed by atoms with van der Waals surface area (Å²) in [5, 5.41) is 3.87. The number of hydrogen-bond acceptors (Lipinski definition) is 4. The van der Waals surface area contributed by atoms with Gasteiger partial charge in [-0.2, -0.15) is 0 Å². The van der Waals surface area contributed by atoms with Crippen molar-refractivity contribution in [1.29, 1.82) is 0 Å². The van der Waals surface area contributed by atoms with Gasteiger partial charge < -0.3 is 10.2 Å². The average Bonchev–Trinajstić information content (AvgIpc) is 2.26. The van der Waals surface area contributed by atoms with Gasteiger partial charge in [0.05, 0.1) is 5.75 Å². The first-order valence-electron chi connectivity index (χ1n) is 6.18. The number of likely N-dealkylation sites (N-methyl/N-ethyl adjacent to an activating group) is 1. The summed E-state index contributed by atoms with van der Waals surface area (Å²) in [5.74, 6) is 0.186. The molecule has 19 heavy (non-hydrogen) atoms. The fourth-order valence-electron chi connectivity index (χ4n) is 1.68. The van der Waals surface area contributed by atoms with Gasteiger partial charge in [-0.3, -0.25) is 0 Å². The van der Waals surface area contributed by atoms with E-state index in [2.05, 4.69) is 10.2 Å². The topological polar surface area (TPSA) is 49.4 Å². The van der Waals surface area contributed by atoms with Crippen LogP contribution >= 0.6 is 11.6 Å². The van der Waals surface area contributed by atoms with Gasteiger partial charge in [-0.05, 0) is 24.7 Å². The number of benzene rings is 1. The molecule has 1 aromatic carbocycles. The minimum atomic E-state index is -2.87. The Kier molecular flexibility index (Phi) is 6.79. The zero-order valence-electron chi connectivity index (χ0n) is 11.4. The Morgan fingerprint density at radius 3 is 2.68 bits per heavy atom. The molecule has 108 valence electrons. The Morgan fingerprint density at radius 2 is 2.05 bits per heavy atom. The highest BCUT2D eigenvalue weighted by atomic mass is 35.5. The number of halogens is 1. The van der Waals surface area contributed by atoms with Crippen LogP contribution in [0.4, 0.5) is 0 Å². The molecule has 1 aromatic rings. The molecule has 0 radical (unpaired) electrons. The van der Waals surface area contributed by atoms with E-state index >= 15 is 0 Å². The normalized spacial score (nSPS) is 12.0. The molecule has 0 spiro atoms. The lowest BCUT2D eigenvalue weighted by atomic mass is 10.2. The van der Waals surface area contributed by atoms with E-state index in [1.54, 1.807) is 0 Å². The van der Waals surface area contributed by atoms with Crippen LogP contribution < -0.4 is 5.32 Å². The van der Waals surface area contributed by atoms with E-state index in [1.807, 2.05) is 31.3 Å². The fraction of sp³-hybridized carbons (Fsp3) is 0.538. The van der Waals surface area contributed by atoms with Gasteiger partial charge in [-0.15, -0.1) is 0 Å². The van der Waals surface area contributed by atoms with Crippen LogP contribution in [-0.2, 0) is 16.4 Å². The van der Waals surface area contributed by atoms with Crippen LogP contribution in [0.5, 0.6) is 0 Å². The van der Waals surface area contributed by atoms with Crippen molar-refractivity contribution in [2.45, 2.75) is 6.54 Å². The molecular weight excluding hydrogens is 284 g/mol. The van der Waals surface area contributed by atoms with Crippen molar-refractivity contribution in [3.05, 3.63) is 34.9 Å². The van der Waals surface area contributed by atoms with Gasteiger partial charge in [0.15, 0.2) is 0 Å². The van der Waals surface area contributed by atoms with E-state index in [4.69, 9.17) is 11.6 Å². The van der Waals surface area contributed by atoms with Crippen molar-refractivity contribution in [3.8, 4) is 0 Å². The lowest BCUT2D eigenvalue weighted by molar-refractivity contribution is 0.326. The Bertz CT molecular complexity index is 491. The standard InChI is InChI=1S/C13H21ClN2O2S/c1-16(8-6-15-7-9-19(2,17)18)11-12-4-3-5-13(14)10-12/h3-5,10,15H,6-9,11H2,1-2H3. The molecule has 6 heteroatoms. The van der Waals surface area contributed by atoms with E-state index in [0.717, 1.165) is 24.7 Å². The number of nitrogens with one attached hydrogen (secondary N) is 1. The summed E-state index contributed by atoms with van der Waals surface area (Å²) in [5.41, 5.74) is 1.17. The molecule has 0 aliphatic rings. The Labute approximate surface area is 120 Å². The SMILES string of the molecule is CN(CCNCCS(C)(=O)=O)Cc1cccc(Cl)c1. The molecule has 4 nitrogen and oxygen atoms in total. The smallest absolute Gasteiger partial charge is 0.148 e. The van der Waals surface area contributed by atoms with E-state index in [1.165, 1.54) is 11.8 Å². The van der Waals surface area contributed by atoms with Crippen LogP contribution in [0.3, 0.4) is 0 Å². The van der Waals surface area contributed by atoms with Gasteiger partial charge in [0, 0.05) is 37.5 Å². The summed E-state index contributed by atoms with van der Waals surface area (Å²) in [6, 6.07) is 7.79. The lowest BCUT2D eigenvalue weighted by Gasteiger charge is -2.17. The molecule has 0 heterocycles. The quantitative estimate of drug-likeness (QED) is 0.738. The fourth-order valence-corrected chi connectivity index (χ4v) is 2.41. The second-order valence-electron chi connectivity index (χ2n) is 4.75. The number of rotatable bonds is 8. The maximum Gasteiger partial charge on any atom is 0.148 e. The first-order valence-corrected chi connectivity index (χ1v) is 8.62. The number of nitrogens with zero attached hydrogens (tertiary/aromatic N) is 1. The van der Waals surface area contributed by atoms with Gasteiger partial charge in [0.1, 0.15) is 9.84 Å². The monoisotopic (exact) mass is 304 g/mol. The Hall–Kier alpha value is -0.620. The first kappa shape index (κ1) is 16.4. The van der Waals surface area contributed by atoms with Crippen LogP contribution in [0.2, 0.25) is 5.02 Å². The molecule has 0 aromatic heterocycles. The third kappa shape index (κ3) is 8.21. The van der Waals surface area contributed by atoms with Gasteiger partial charge in [0.25, 0.3) is 0 Å². The maximum absolute atomic E-state index is 10.9. The van der Waals surface area contributed by atoms with Crippen LogP contribution in [0.15, 0.2) is 24.3 Å². The molecule has 0 unspecified atom stereocenters. The predicted molar refractivity (Wildman–Crippen MR) is 80.4 cm³/mol. The lowest BCUT2D eigenvalue weighted by Crippen LogP contribution is -2.31. The molecule has 0 atom stereocenters. The Morgan fingerprint density at radius 1 is 1.32 bits per heavy atom. The summed E-state index contributed by atoms with van der Waals surface area (Å²) < 4.78 is 21.9. The summed E-state index contributed by atoms with van der Waals surface area (Å²) in [6.45, 7) is 2.96. The van der Waals surface area contributed by atoms with Crippen molar-refractivity contribution in [3.63, 3.8) is 0 Å². The minimum Gasteiger partial charge on any atom is -0.314 e. The molecule has 1 rings (SSSR count). The zero-order valence-corrected chi connectivity index (χ0v) is 13.0. The van der Waals surface area contributed by atoms with E-state index in [9.17, 15) is 8.42 Å². The van der Waals surface area contributed by atoms with Crippen molar-refractivity contribution >= 4 is 21.4 Å². The van der Waals surface area contributed by atoms with E-state index < -0.39 is 9.84 Å². The van der Waals surface area contributed by atoms with Crippen LogP contribution in [0.25, 0.3) is 0 Å². The highest BCUT2D eigenvalue weighted by Crippen LogP contribution is 2.11. The average molecular weight is 305 g/mol. The highest BCUT2D eigenvalue weighted by Gasteiger charge is 2.03. The second kappa shape index (κ2) is 7.85. The van der Waals surface area contributed by atoms with Crippen LogP contribution in [0.1, 0.15) is 5.56 Å². The number of sulfone groups is 1. The van der Waals surface area contributed by atoms with Gasteiger partial charge in [-0.1, -0.05) is 23.7 Å². The summed E-state index contributed by atoms with van der Waals surface area (Å²) in [6.07, 6.45) is 1.25. The van der Waals surface area contributed by atoms with Crippen LogP contribution in [0, 0.1) is 0 Å². The molecule has 0 aliphatic heterocycles. The van der Waals surface area contributed by atoms with Crippen LogP contribution in [-0.4, -0.2) is 52.0 Å². The van der Waals surface area contributed by atoms with Gasteiger partial charge in [-0.25, -0.2) is 8.42 Å². The first-order chi connectivity index (χ1) is 8.87. The maximum atomic E-state index is 10.9. The largest absolute Gasteiger partial charge is 0.314 e. The van der Waals surface area contributed by atoms with Gasteiger partial charge >= 0.3 is 0 Å². The third-order valence-corrected chi connectivity index (χ3v) is 3.84. The van der Waals surface area contributed by atoms with Crippen molar-refractivity contribution in [2.24, 2.45) is 0 Å². The molecule has 0 fully saturated rings. The van der Waals surface area contributed by atoms with E-state index in [0.29, 0.717) is 6.54 Å². The third-order valence-electron chi connectivity index (χ3n) is 2.66. The summed E-state index contributed by atoms with van der Waals surface area (Å²) >= 11 is 5.93. The van der Waals surface area contributed by atoms with Crippen molar-refractivity contribution in [1.82, 2.24) is 10.2 Å².